The number of unbranched alkanes of at least 4 members (excludes halogenated alkanes) is 4. The van der Waals surface area contributed by atoms with Crippen LogP contribution in [0.1, 0.15) is 239 Å². The van der Waals surface area contributed by atoms with Crippen molar-refractivity contribution in [3.8, 4) is 0 Å². The second kappa shape index (κ2) is 31.3. The molecule has 4 nitrogen and oxygen atoms in total. The largest absolute Gasteiger partial charge is 2.00 e. The van der Waals surface area contributed by atoms with Gasteiger partial charge >= 0.3 is 19.5 Å². The summed E-state index contributed by atoms with van der Waals surface area (Å²) in [7, 11) is 0. The van der Waals surface area contributed by atoms with Crippen LogP contribution in [0.4, 0.5) is 0 Å². The third-order valence-electron chi connectivity index (χ3n) is 10.7. The molecule has 4 atom stereocenters. The van der Waals surface area contributed by atoms with E-state index in [0.717, 1.165) is 25.7 Å². The summed E-state index contributed by atoms with van der Waals surface area (Å²) in [6.07, 6.45) is 23.8. The molecule has 328 valence electrons. The monoisotopic (exact) mass is 938 g/mol. The Morgan fingerprint density at radius 3 is 0.691 bits per heavy atom. The fourth-order valence-electron chi connectivity index (χ4n) is 7.95. The van der Waals surface area contributed by atoms with Crippen LogP contribution in [0.15, 0.2) is 0 Å². The predicted molar refractivity (Wildman–Crippen MR) is 256 cm³/mol. The molecule has 0 aliphatic heterocycles. The minimum Gasteiger partial charge on any atom is -0.691 e. The molecule has 4 unspecified atom stereocenters. The normalized spacial score (nSPS) is 17.2. The predicted octanol–water partition coefficient (Wildman–Crippen LogP) is 17.1. The number of hydrogen-bond acceptors (Lipinski definition) is 8. The van der Waals surface area contributed by atoms with Gasteiger partial charge in [0.2, 0.25) is 0 Å². The Balaban J connectivity index is -0.000000966. The van der Waals surface area contributed by atoms with E-state index in [-0.39, 0.29) is 41.9 Å². The maximum atomic E-state index is 6.29. The van der Waals surface area contributed by atoms with Crippen LogP contribution in [0.2, 0.25) is 0 Å². The summed E-state index contributed by atoms with van der Waals surface area (Å²) in [5.74, 6) is 2.65. The average molecular weight is 941 g/mol. The molecule has 0 spiro atoms. The second-order valence-electron chi connectivity index (χ2n) is 18.8. The number of rotatable bonds is 32. The summed E-state index contributed by atoms with van der Waals surface area (Å²) >= 11 is 22.7. The van der Waals surface area contributed by atoms with Gasteiger partial charge in [-0.05, 0) is 105 Å². The standard InChI is InChI=1S/2C22H47O2PS2.Zn/c2*1-9-13-15-19(11-3)17-21(5,6)23-25(26,27)24-22(7,8)18-20(12-4)16-14-10-2;/h2*19-20H,9-18H2,1-8H3,(H,26,27);/q;;+2/p-2. The van der Waals surface area contributed by atoms with E-state index in [2.05, 4.69) is 111 Å². The van der Waals surface area contributed by atoms with Crippen LogP contribution in [0.25, 0.3) is 0 Å². The van der Waals surface area contributed by atoms with Crippen LogP contribution >= 0.6 is 11.4 Å². The van der Waals surface area contributed by atoms with Gasteiger partial charge in [-0.1, -0.05) is 182 Å². The molecule has 11 heteroatoms. The van der Waals surface area contributed by atoms with E-state index < -0.39 is 11.4 Å². The Hall–Kier alpha value is 2.46. The average Bonchev–Trinajstić information content (AvgIpc) is 3.02. The van der Waals surface area contributed by atoms with Gasteiger partial charge in [0.1, 0.15) is 0 Å². The van der Waals surface area contributed by atoms with E-state index in [1.165, 1.54) is 103 Å². The van der Waals surface area contributed by atoms with E-state index in [1.54, 1.807) is 0 Å². The molecule has 55 heavy (non-hydrogen) atoms. The van der Waals surface area contributed by atoms with Crippen LogP contribution in [0.5, 0.6) is 0 Å². The molecule has 0 aromatic heterocycles. The summed E-state index contributed by atoms with van der Waals surface area (Å²) < 4.78 is 25.2. The van der Waals surface area contributed by atoms with Crippen molar-refractivity contribution in [2.75, 3.05) is 0 Å². The maximum Gasteiger partial charge on any atom is 2.00 e. The molecular weight excluding hydrogens is 848 g/mol. The van der Waals surface area contributed by atoms with Gasteiger partial charge in [0.05, 0.1) is 33.8 Å². The first-order valence-electron chi connectivity index (χ1n) is 22.2. The fourth-order valence-corrected chi connectivity index (χ4v) is 15.6. The van der Waals surface area contributed by atoms with Crippen LogP contribution < -0.4 is 0 Å². The smallest absolute Gasteiger partial charge is 0.691 e. The second-order valence-corrected chi connectivity index (χ2v) is 28.5. The van der Waals surface area contributed by atoms with Crippen molar-refractivity contribution in [2.45, 2.75) is 262 Å². The Morgan fingerprint density at radius 2 is 0.564 bits per heavy atom. The van der Waals surface area contributed by atoms with Gasteiger partial charge in [-0.2, -0.15) is 0 Å². The van der Waals surface area contributed by atoms with Gasteiger partial charge < -0.3 is 42.6 Å². The molecule has 0 rings (SSSR count). The molecule has 0 aromatic rings. The van der Waals surface area contributed by atoms with Gasteiger partial charge in [0.25, 0.3) is 0 Å². The quantitative estimate of drug-likeness (QED) is 0.0375. The van der Waals surface area contributed by atoms with Gasteiger partial charge in [-0.15, -0.1) is 0 Å². The molecule has 0 saturated heterocycles. The fraction of sp³-hybridized carbons (Fsp3) is 1.00. The molecule has 0 N–H and O–H groups in total. The Kier molecular flexibility index (Phi) is 35.2. The van der Waals surface area contributed by atoms with Crippen LogP contribution in [0, 0.1) is 23.7 Å². The van der Waals surface area contributed by atoms with E-state index in [1.807, 2.05) is 0 Å². The van der Waals surface area contributed by atoms with Crippen molar-refractivity contribution in [3.05, 3.63) is 0 Å². The first-order chi connectivity index (χ1) is 24.8. The Bertz CT molecular complexity index is 891. The molecular formula is C44H92O4P2S4Zn. The van der Waals surface area contributed by atoms with Crippen molar-refractivity contribution in [2.24, 2.45) is 23.7 Å². The Labute approximate surface area is 379 Å². The van der Waals surface area contributed by atoms with Gasteiger partial charge in [0, 0.05) is 0 Å². The topological polar surface area (TPSA) is 36.9 Å². The van der Waals surface area contributed by atoms with E-state index in [4.69, 9.17) is 66.2 Å². The summed E-state index contributed by atoms with van der Waals surface area (Å²) in [6.45, 7) is 35.1. The summed E-state index contributed by atoms with van der Waals surface area (Å²) in [5, 5.41) is 0. The molecule has 0 bridgehead atoms. The van der Waals surface area contributed by atoms with Crippen molar-refractivity contribution in [1.29, 1.82) is 0 Å². The van der Waals surface area contributed by atoms with Gasteiger partial charge in [0.15, 0.2) is 0 Å². The van der Waals surface area contributed by atoms with Gasteiger partial charge in [-0.25, -0.2) is 0 Å². The first-order valence-corrected chi connectivity index (χ1v) is 29.6. The maximum absolute atomic E-state index is 6.29. The Morgan fingerprint density at radius 1 is 0.400 bits per heavy atom. The molecule has 0 saturated carbocycles. The van der Waals surface area contributed by atoms with Crippen LogP contribution in [-0.4, -0.2) is 22.4 Å². The van der Waals surface area contributed by atoms with E-state index >= 15 is 0 Å². The molecule has 0 aromatic carbocycles. The summed E-state index contributed by atoms with van der Waals surface area (Å²) in [6, 6.07) is 0. The summed E-state index contributed by atoms with van der Waals surface area (Å²) in [5.41, 5.74) is -6.71. The van der Waals surface area contributed by atoms with E-state index in [0.29, 0.717) is 23.7 Å². The van der Waals surface area contributed by atoms with Crippen molar-refractivity contribution >= 4 is 59.5 Å². The molecule has 0 aliphatic rings. The minimum absolute atomic E-state index is 0. The SMILES string of the molecule is CCCCC(CC)CC(C)(C)OP(=S)([S-])OC(C)(C)CC(CC)CCCC.CCCCC(CC)CC(C)(C)OP(=S)([S-])OC(C)(C)CC(CC)CCCC.[Zn+2]. The van der Waals surface area contributed by atoms with Crippen molar-refractivity contribution in [3.63, 3.8) is 0 Å². The molecule has 0 radical (unpaired) electrons. The molecule has 0 heterocycles. The minimum atomic E-state index is -2.70. The summed E-state index contributed by atoms with van der Waals surface area (Å²) in [4.78, 5) is 0. The number of hydrogen-bond donors (Lipinski definition) is 0. The van der Waals surface area contributed by atoms with Gasteiger partial charge in [-0.3, -0.25) is 0 Å². The van der Waals surface area contributed by atoms with Crippen molar-refractivity contribution in [1.82, 2.24) is 0 Å². The van der Waals surface area contributed by atoms with Crippen LogP contribution in [-0.2, 0) is 85.7 Å². The zero-order chi connectivity index (χ0) is 42.3. The molecule has 0 amide bonds. The van der Waals surface area contributed by atoms with Crippen molar-refractivity contribution < 1.29 is 37.6 Å². The first kappa shape index (κ1) is 61.8. The molecule has 0 aliphatic carbocycles. The molecule has 0 fully saturated rings. The third kappa shape index (κ3) is 33.7. The van der Waals surface area contributed by atoms with E-state index in [9.17, 15) is 0 Å². The zero-order valence-electron chi connectivity index (χ0n) is 39.3. The zero-order valence-corrected chi connectivity index (χ0v) is 47.3. The van der Waals surface area contributed by atoms with Crippen LogP contribution in [0.3, 0.4) is 0 Å². The third-order valence-corrected chi connectivity index (χ3v) is 15.4.